The van der Waals surface area contributed by atoms with E-state index in [9.17, 15) is 9.90 Å². The van der Waals surface area contributed by atoms with Crippen LogP contribution in [0.5, 0.6) is 0 Å². The molecule has 3 atom stereocenters. The van der Waals surface area contributed by atoms with Gasteiger partial charge in [0.2, 0.25) is 0 Å². The number of aliphatic hydroxyl groups excluding tert-OH is 1. The van der Waals surface area contributed by atoms with E-state index < -0.39 is 11.7 Å². The molecule has 2 fully saturated rings. The fourth-order valence-electron chi connectivity index (χ4n) is 6.89. The fraction of sp³-hybridized carbons (Fsp3) is 0.613. The third-order valence-corrected chi connectivity index (χ3v) is 8.64. The molecule has 2 heterocycles. The number of nitrogens with zero attached hydrogens (tertiary/aromatic N) is 2. The SMILES string of the molecule is CC(C)(C)OC(=O)N(CC[C@@]1(c2ccccn2)CCOC2(CCCC2)C1)[C@H]1CC[C@@H](O)c2ccccc21. The number of benzene rings is 1. The van der Waals surface area contributed by atoms with E-state index >= 15 is 0 Å². The lowest BCUT2D eigenvalue weighted by molar-refractivity contribution is -0.105. The lowest BCUT2D eigenvalue weighted by Crippen LogP contribution is -2.49. The van der Waals surface area contributed by atoms with Crippen molar-refractivity contribution in [1.82, 2.24) is 9.88 Å². The lowest BCUT2D eigenvalue weighted by Gasteiger charge is -2.47. The Morgan fingerprint density at radius 1 is 1.08 bits per heavy atom. The quantitative estimate of drug-likeness (QED) is 0.492. The highest BCUT2D eigenvalue weighted by molar-refractivity contribution is 5.69. The summed E-state index contributed by atoms with van der Waals surface area (Å²) in [5.74, 6) is 0. The van der Waals surface area contributed by atoms with Crippen LogP contribution in [0.25, 0.3) is 0 Å². The summed E-state index contributed by atoms with van der Waals surface area (Å²) >= 11 is 0. The average Bonchev–Trinajstić information content (AvgIpc) is 3.32. The molecule has 1 aliphatic heterocycles. The Hall–Kier alpha value is -2.44. The number of aliphatic hydroxyl groups is 1. The summed E-state index contributed by atoms with van der Waals surface area (Å²) < 4.78 is 12.4. The van der Waals surface area contributed by atoms with Crippen LogP contribution in [0.4, 0.5) is 4.79 Å². The molecule has 1 spiro atoms. The predicted molar refractivity (Wildman–Crippen MR) is 143 cm³/mol. The van der Waals surface area contributed by atoms with Crippen molar-refractivity contribution in [3.8, 4) is 0 Å². The summed E-state index contributed by atoms with van der Waals surface area (Å²) in [6.45, 7) is 7.04. The van der Waals surface area contributed by atoms with Gasteiger partial charge in [-0.15, -0.1) is 0 Å². The van der Waals surface area contributed by atoms with Crippen molar-refractivity contribution in [2.75, 3.05) is 13.2 Å². The summed E-state index contributed by atoms with van der Waals surface area (Å²) in [5.41, 5.74) is 2.23. The summed E-state index contributed by atoms with van der Waals surface area (Å²) in [4.78, 5) is 20.5. The third-order valence-electron chi connectivity index (χ3n) is 8.64. The third kappa shape index (κ3) is 5.56. The Balaban J connectivity index is 1.48. The number of ether oxygens (including phenoxy) is 2. The van der Waals surface area contributed by atoms with Gasteiger partial charge in [-0.2, -0.15) is 0 Å². The molecule has 37 heavy (non-hydrogen) atoms. The van der Waals surface area contributed by atoms with E-state index in [4.69, 9.17) is 14.5 Å². The fourth-order valence-corrected chi connectivity index (χ4v) is 6.89. The molecule has 3 aliphatic rings. The first-order valence-corrected chi connectivity index (χ1v) is 14.0. The van der Waals surface area contributed by atoms with Crippen molar-refractivity contribution in [1.29, 1.82) is 0 Å². The first-order valence-electron chi connectivity index (χ1n) is 14.0. The van der Waals surface area contributed by atoms with E-state index in [2.05, 4.69) is 18.2 Å². The number of hydrogen-bond acceptors (Lipinski definition) is 5. The topological polar surface area (TPSA) is 71.9 Å². The molecule has 6 heteroatoms. The second kappa shape index (κ2) is 10.4. The molecule has 1 amide bonds. The zero-order valence-corrected chi connectivity index (χ0v) is 22.6. The number of hydrogen-bond donors (Lipinski definition) is 1. The number of amides is 1. The first kappa shape index (κ1) is 26.2. The van der Waals surface area contributed by atoms with Crippen LogP contribution in [0.15, 0.2) is 48.7 Å². The summed E-state index contributed by atoms with van der Waals surface area (Å²) in [5, 5.41) is 10.7. The Morgan fingerprint density at radius 3 is 2.51 bits per heavy atom. The van der Waals surface area contributed by atoms with Crippen LogP contribution in [0, 0.1) is 0 Å². The molecule has 0 bridgehead atoms. The second-order valence-corrected chi connectivity index (χ2v) is 12.3. The highest BCUT2D eigenvalue weighted by Gasteiger charge is 2.49. The van der Waals surface area contributed by atoms with E-state index in [1.807, 2.05) is 56.1 Å². The maximum atomic E-state index is 13.7. The van der Waals surface area contributed by atoms with Crippen molar-refractivity contribution in [2.45, 2.75) is 107 Å². The van der Waals surface area contributed by atoms with Gasteiger partial charge in [0, 0.05) is 30.5 Å². The van der Waals surface area contributed by atoms with E-state index in [-0.39, 0.29) is 23.2 Å². The molecule has 0 unspecified atom stereocenters. The Labute approximate surface area is 221 Å². The highest BCUT2D eigenvalue weighted by atomic mass is 16.6. The summed E-state index contributed by atoms with van der Waals surface area (Å²) in [6, 6.07) is 14.1. The van der Waals surface area contributed by atoms with Crippen molar-refractivity contribution >= 4 is 6.09 Å². The molecule has 1 saturated heterocycles. The largest absolute Gasteiger partial charge is 0.444 e. The van der Waals surface area contributed by atoms with Gasteiger partial charge in [0.1, 0.15) is 5.60 Å². The van der Waals surface area contributed by atoms with Crippen molar-refractivity contribution in [2.24, 2.45) is 0 Å². The smallest absolute Gasteiger partial charge is 0.410 e. The van der Waals surface area contributed by atoms with Gasteiger partial charge in [0.05, 0.1) is 17.7 Å². The monoisotopic (exact) mass is 506 g/mol. The molecule has 5 rings (SSSR count). The van der Waals surface area contributed by atoms with Crippen LogP contribution < -0.4 is 0 Å². The molecule has 1 saturated carbocycles. The predicted octanol–water partition coefficient (Wildman–Crippen LogP) is 6.64. The Morgan fingerprint density at radius 2 is 1.81 bits per heavy atom. The van der Waals surface area contributed by atoms with E-state index in [0.29, 0.717) is 19.4 Å². The van der Waals surface area contributed by atoms with Crippen LogP contribution in [-0.4, -0.2) is 45.4 Å². The molecule has 1 aromatic carbocycles. The number of rotatable bonds is 5. The minimum Gasteiger partial charge on any atom is -0.444 e. The average molecular weight is 507 g/mol. The molecule has 2 aliphatic carbocycles. The molecular weight excluding hydrogens is 464 g/mol. The van der Waals surface area contributed by atoms with Gasteiger partial charge in [-0.05, 0) is 89.0 Å². The van der Waals surface area contributed by atoms with Crippen LogP contribution in [0.2, 0.25) is 0 Å². The van der Waals surface area contributed by atoms with Gasteiger partial charge >= 0.3 is 6.09 Å². The summed E-state index contributed by atoms with van der Waals surface area (Å²) in [7, 11) is 0. The minimum atomic E-state index is -0.589. The molecule has 1 N–H and O–H groups in total. The van der Waals surface area contributed by atoms with Crippen LogP contribution in [-0.2, 0) is 14.9 Å². The number of pyridine rings is 1. The van der Waals surface area contributed by atoms with Crippen molar-refractivity contribution in [3.63, 3.8) is 0 Å². The zero-order chi connectivity index (χ0) is 26.1. The van der Waals surface area contributed by atoms with E-state index in [1.54, 1.807) is 0 Å². The molecule has 0 radical (unpaired) electrons. The van der Waals surface area contributed by atoms with Crippen LogP contribution >= 0.6 is 0 Å². The normalized spacial score (nSPS) is 27.0. The van der Waals surface area contributed by atoms with Gasteiger partial charge in [-0.3, -0.25) is 4.98 Å². The molecular formula is C31H42N2O4. The maximum Gasteiger partial charge on any atom is 0.410 e. The molecule has 1 aromatic heterocycles. The number of carbonyl (C=O) groups is 1. The molecule has 200 valence electrons. The number of fused-ring (bicyclic) bond motifs is 1. The first-order chi connectivity index (χ1) is 17.7. The zero-order valence-electron chi connectivity index (χ0n) is 22.6. The summed E-state index contributed by atoms with van der Waals surface area (Å²) in [6.07, 6.45) is 9.71. The van der Waals surface area contributed by atoms with Gasteiger partial charge in [0.15, 0.2) is 0 Å². The standard InChI is InChI=1S/C31H42N2O4/c1-29(2,3)37-28(35)33(25-13-14-26(34)24-11-5-4-10-23(24)25)20-17-30(27-12-6-9-19-32-27)18-21-36-31(22-30)15-7-8-16-31/h4-6,9-12,19,25-26,34H,7-8,13-18,20-22H2,1-3H3/t25-,26+,30+/m0/s1. The number of carbonyl (C=O) groups excluding carboxylic acids is 1. The van der Waals surface area contributed by atoms with Crippen LogP contribution in [0.1, 0.15) is 108 Å². The minimum absolute atomic E-state index is 0.0753. The van der Waals surface area contributed by atoms with Crippen LogP contribution in [0.3, 0.4) is 0 Å². The molecule has 2 aromatic rings. The highest BCUT2D eigenvalue weighted by Crippen LogP contribution is 2.50. The van der Waals surface area contributed by atoms with Gasteiger partial charge in [0.25, 0.3) is 0 Å². The maximum absolute atomic E-state index is 13.7. The van der Waals surface area contributed by atoms with Crippen molar-refractivity contribution in [3.05, 3.63) is 65.5 Å². The Bertz CT molecular complexity index is 1080. The Kier molecular flexibility index (Phi) is 7.34. The van der Waals surface area contributed by atoms with Crippen molar-refractivity contribution < 1.29 is 19.4 Å². The van der Waals surface area contributed by atoms with Gasteiger partial charge in [-0.25, -0.2) is 4.79 Å². The lowest BCUT2D eigenvalue weighted by atomic mass is 9.67. The number of aromatic nitrogens is 1. The van der Waals surface area contributed by atoms with E-state index in [0.717, 1.165) is 55.5 Å². The molecule has 6 nitrogen and oxygen atoms in total. The van der Waals surface area contributed by atoms with E-state index in [1.165, 1.54) is 12.8 Å². The van der Waals surface area contributed by atoms with Gasteiger partial charge < -0.3 is 19.5 Å². The second-order valence-electron chi connectivity index (χ2n) is 12.3. The van der Waals surface area contributed by atoms with Gasteiger partial charge in [-0.1, -0.05) is 43.2 Å².